The number of hydrogen-bond donors (Lipinski definition) is 1. The van der Waals surface area contributed by atoms with Crippen LogP contribution in [-0.4, -0.2) is 55.4 Å². The van der Waals surface area contributed by atoms with Crippen molar-refractivity contribution >= 4 is 5.97 Å². The molecule has 5 heteroatoms. The molecule has 0 amide bonds. The molecule has 0 aliphatic carbocycles. The Balaban J connectivity index is 1.94. The maximum absolute atomic E-state index is 11.3. The number of carboxylic acid groups (broad SMARTS) is 1. The maximum atomic E-state index is 11.3. The summed E-state index contributed by atoms with van der Waals surface area (Å²) < 4.78 is 10.5. The Bertz CT molecular complexity index is 460. The largest absolute Gasteiger partial charge is 0.497 e. The molecular weight excluding hydrogens is 270 g/mol. The minimum Gasteiger partial charge on any atom is -0.497 e. The van der Waals surface area contributed by atoms with Gasteiger partial charge in [-0.15, -0.1) is 0 Å². The molecule has 1 saturated heterocycles. The van der Waals surface area contributed by atoms with Crippen molar-refractivity contribution in [1.82, 2.24) is 4.90 Å². The first-order valence-corrected chi connectivity index (χ1v) is 7.33. The fourth-order valence-corrected chi connectivity index (χ4v) is 2.76. The summed E-state index contributed by atoms with van der Waals surface area (Å²) in [6.07, 6.45) is 0.890. The molecule has 1 aromatic rings. The van der Waals surface area contributed by atoms with E-state index in [1.165, 1.54) is 5.56 Å². The number of ether oxygens (including phenoxy) is 2. The van der Waals surface area contributed by atoms with Crippen LogP contribution in [0.3, 0.4) is 0 Å². The fraction of sp³-hybridized carbons (Fsp3) is 0.562. The molecule has 1 heterocycles. The van der Waals surface area contributed by atoms with Gasteiger partial charge in [-0.1, -0.05) is 19.1 Å². The second kappa shape index (κ2) is 7.43. The van der Waals surface area contributed by atoms with Crippen molar-refractivity contribution in [1.29, 1.82) is 0 Å². The first-order chi connectivity index (χ1) is 10.2. The molecule has 0 bridgehead atoms. The molecule has 5 nitrogen and oxygen atoms in total. The van der Waals surface area contributed by atoms with Crippen molar-refractivity contribution in [3.8, 4) is 5.75 Å². The monoisotopic (exact) mass is 293 g/mol. The molecule has 1 N–H and O–H groups in total. The van der Waals surface area contributed by atoms with Gasteiger partial charge in [0, 0.05) is 12.6 Å². The number of aliphatic carboxylic acids is 1. The van der Waals surface area contributed by atoms with Gasteiger partial charge in [0.2, 0.25) is 0 Å². The van der Waals surface area contributed by atoms with Crippen molar-refractivity contribution in [2.75, 3.05) is 33.4 Å². The predicted molar refractivity (Wildman–Crippen MR) is 79.7 cm³/mol. The van der Waals surface area contributed by atoms with Gasteiger partial charge in [0.15, 0.2) is 0 Å². The zero-order valence-corrected chi connectivity index (χ0v) is 12.6. The van der Waals surface area contributed by atoms with Gasteiger partial charge in [-0.05, 0) is 30.7 Å². The maximum Gasteiger partial charge on any atom is 0.310 e. The Morgan fingerprint density at radius 3 is 2.67 bits per heavy atom. The summed E-state index contributed by atoms with van der Waals surface area (Å²) in [7, 11) is 1.65. The van der Waals surface area contributed by atoms with Crippen LogP contribution in [-0.2, 0) is 16.0 Å². The minimum absolute atomic E-state index is 0.0225. The Kier molecular flexibility index (Phi) is 5.59. The second-order valence-corrected chi connectivity index (χ2v) is 5.28. The molecule has 1 fully saturated rings. The zero-order valence-electron chi connectivity index (χ0n) is 12.6. The van der Waals surface area contributed by atoms with Crippen LogP contribution in [0.15, 0.2) is 24.3 Å². The third-order valence-electron chi connectivity index (χ3n) is 4.09. The van der Waals surface area contributed by atoms with Gasteiger partial charge >= 0.3 is 5.97 Å². The number of likely N-dealkylation sites (N-methyl/N-ethyl adjacent to an activating group) is 1. The number of nitrogens with zero attached hydrogens (tertiary/aromatic N) is 1. The molecule has 0 radical (unpaired) electrons. The topological polar surface area (TPSA) is 59.0 Å². The van der Waals surface area contributed by atoms with Crippen molar-refractivity contribution < 1.29 is 19.4 Å². The highest BCUT2D eigenvalue weighted by Crippen LogP contribution is 2.20. The highest BCUT2D eigenvalue weighted by Gasteiger charge is 2.37. The summed E-state index contributed by atoms with van der Waals surface area (Å²) in [6.45, 7) is 4.55. The van der Waals surface area contributed by atoms with E-state index in [2.05, 4.69) is 11.8 Å². The van der Waals surface area contributed by atoms with E-state index in [0.717, 1.165) is 25.3 Å². The molecule has 0 aromatic heterocycles. The van der Waals surface area contributed by atoms with Crippen LogP contribution in [0, 0.1) is 5.92 Å². The van der Waals surface area contributed by atoms with E-state index in [1.807, 2.05) is 24.3 Å². The summed E-state index contributed by atoms with van der Waals surface area (Å²) in [5, 5.41) is 9.25. The first-order valence-electron chi connectivity index (χ1n) is 7.33. The van der Waals surface area contributed by atoms with Crippen LogP contribution >= 0.6 is 0 Å². The molecule has 21 heavy (non-hydrogen) atoms. The molecular formula is C16H23NO4. The third-order valence-corrected chi connectivity index (χ3v) is 4.09. The molecule has 1 aliphatic heterocycles. The number of methoxy groups -OCH3 is 1. The van der Waals surface area contributed by atoms with E-state index < -0.39 is 11.9 Å². The number of rotatable bonds is 7. The fourth-order valence-electron chi connectivity index (χ4n) is 2.76. The van der Waals surface area contributed by atoms with Crippen LogP contribution in [0.4, 0.5) is 0 Å². The Morgan fingerprint density at radius 2 is 2.10 bits per heavy atom. The summed E-state index contributed by atoms with van der Waals surface area (Å²) >= 11 is 0. The molecule has 1 aromatic carbocycles. The summed E-state index contributed by atoms with van der Waals surface area (Å²) in [5.74, 6) is -0.331. The van der Waals surface area contributed by atoms with Gasteiger partial charge in [-0.2, -0.15) is 0 Å². The molecule has 0 spiro atoms. The van der Waals surface area contributed by atoms with Crippen molar-refractivity contribution in [2.45, 2.75) is 19.4 Å². The van der Waals surface area contributed by atoms with Crippen molar-refractivity contribution in [3.63, 3.8) is 0 Å². The summed E-state index contributed by atoms with van der Waals surface area (Å²) in [6, 6.07) is 7.97. The number of carboxylic acids is 1. The average Bonchev–Trinajstić information content (AvgIpc) is 2.98. The Hall–Kier alpha value is -1.59. The number of carbonyl (C=O) groups is 1. The number of hydrogen-bond acceptors (Lipinski definition) is 4. The summed E-state index contributed by atoms with van der Waals surface area (Å²) in [4.78, 5) is 13.5. The highest BCUT2D eigenvalue weighted by atomic mass is 16.5. The van der Waals surface area contributed by atoms with Crippen LogP contribution in [0.1, 0.15) is 12.5 Å². The van der Waals surface area contributed by atoms with Gasteiger partial charge in [0.05, 0.1) is 26.2 Å². The van der Waals surface area contributed by atoms with Gasteiger partial charge in [-0.25, -0.2) is 0 Å². The van der Waals surface area contributed by atoms with Crippen molar-refractivity contribution in [2.24, 2.45) is 5.92 Å². The zero-order chi connectivity index (χ0) is 15.2. The lowest BCUT2D eigenvalue weighted by Crippen LogP contribution is -2.44. The average molecular weight is 293 g/mol. The smallest absolute Gasteiger partial charge is 0.310 e. The van der Waals surface area contributed by atoms with Gasteiger partial charge in [0.25, 0.3) is 0 Å². The van der Waals surface area contributed by atoms with E-state index in [9.17, 15) is 9.90 Å². The van der Waals surface area contributed by atoms with Crippen LogP contribution in [0.2, 0.25) is 0 Å². The predicted octanol–water partition coefficient (Wildman–Crippen LogP) is 1.66. The molecule has 2 rings (SSSR count). The quantitative estimate of drug-likeness (QED) is 0.828. The molecule has 116 valence electrons. The minimum atomic E-state index is -0.764. The molecule has 1 aliphatic rings. The lowest BCUT2D eigenvalue weighted by Gasteiger charge is -2.29. The summed E-state index contributed by atoms with van der Waals surface area (Å²) in [5.41, 5.74) is 1.22. The van der Waals surface area contributed by atoms with E-state index in [-0.39, 0.29) is 6.04 Å². The normalized spacial score (nSPS) is 21.7. The molecule has 2 unspecified atom stereocenters. The van der Waals surface area contributed by atoms with Gasteiger partial charge < -0.3 is 14.6 Å². The SMILES string of the molecule is CCN(CCc1ccc(OC)cc1)C1COCC1C(=O)O. The standard InChI is InChI=1S/C16H23NO4/c1-3-17(15-11-21-10-14(15)16(18)19)9-8-12-4-6-13(20-2)7-5-12/h4-7,14-15H,3,8-11H2,1-2H3,(H,18,19). The van der Waals surface area contributed by atoms with Crippen LogP contribution < -0.4 is 4.74 Å². The Labute approximate surface area is 125 Å². The van der Waals surface area contributed by atoms with E-state index in [1.54, 1.807) is 7.11 Å². The number of benzene rings is 1. The van der Waals surface area contributed by atoms with Crippen molar-refractivity contribution in [3.05, 3.63) is 29.8 Å². The first kappa shape index (κ1) is 15.8. The Morgan fingerprint density at radius 1 is 1.38 bits per heavy atom. The lowest BCUT2D eigenvalue weighted by molar-refractivity contribution is -0.143. The van der Waals surface area contributed by atoms with E-state index in [0.29, 0.717) is 13.2 Å². The molecule has 2 atom stereocenters. The highest BCUT2D eigenvalue weighted by molar-refractivity contribution is 5.71. The molecule has 0 saturated carbocycles. The van der Waals surface area contributed by atoms with Crippen LogP contribution in [0.5, 0.6) is 5.75 Å². The second-order valence-electron chi connectivity index (χ2n) is 5.28. The van der Waals surface area contributed by atoms with Gasteiger partial charge in [-0.3, -0.25) is 9.69 Å². The lowest BCUT2D eigenvalue weighted by atomic mass is 10.0. The van der Waals surface area contributed by atoms with E-state index >= 15 is 0 Å². The van der Waals surface area contributed by atoms with E-state index in [4.69, 9.17) is 9.47 Å². The van der Waals surface area contributed by atoms with Gasteiger partial charge in [0.1, 0.15) is 5.75 Å². The third kappa shape index (κ3) is 3.95. The van der Waals surface area contributed by atoms with Crippen LogP contribution in [0.25, 0.3) is 0 Å².